The Labute approximate surface area is 93.5 Å². The highest BCUT2D eigenvalue weighted by Gasteiger charge is 2.00. The molecule has 4 heteroatoms. The van der Waals surface area contributed by atoms with Crippen LogP contribution in [0.2, 0.25) is 0 Å². The van der Waals surface area contributed by atoms with Crippen LogP contribution in [0.4, 0.5) is 5.82 Å². The number of H-pyrrole nitrogens is 1. The number of aromatic amines is 1. The molecule has 2 rings (SSSR count). The van der Waals surface area contributed by atoms with Gasteiger partial charge in [0.15, 0.2) is 5.82 Å². The maximum Gasteiger partial charge on any atom is 0.153 e. The van der Waals surface area contributed by atoms with Crippen LogP contribution < -0.4 is 5.73 Å². The van der Waals surface area contributed by atoms with Gasteiger partial charge in [-0.3, -0.25) is 5.10 Å². The Hall–Kier alpha value is -1.60. The van der Waals surface area contributed by atoms with Gasteiger partial charge in [0.1, 0.15) is 0 Å². The number of hydrogen-bond acceptors (Lipinski definition) is 3. The normalized spacial score (nSPS) is 9.93. The van der Waals surface area contributed by atoms with Crippen molar-refractivity contribution in [3.63, 3.8) is 0 Å². The van der Waals surface area contributed by atoms with Crippen molar-refractivity contribution >= 4 is 29.3 Å². The molecule has 0 saturated heterocycles. The second-order valence-electron chi connectivity index (χ2n) is 3.14. The first-order chi connectivity index (χ1) is 7.31. The Morgan fingerprint density at radius 2 is 2.33 bits per heavy atom. The van der Waals surface area contributed by atoms with Crippen LogP contribution in [0.5, 0.6) is 0 Å². The van der Waals surface area contributed by atoms with Gasteiger partial charge in [-0.15, -0.1) is 0 Å². The van der Waals surface area contributed by atoms with Crippen molar-refractivity contribution in [2.75, 3.05) is 11.5 Å². The fourth-order valence-corrected chi connectivity index (χ4v) is 1.45. The zero-order valence-electron chi connectivity index (χ0n) is 8.12. The van der Waals surface area contributed by atoms with E-state index in [0.29, 0.717) is 5.82 Å². The highest BCUT2D eigenvalue weighted by atomic mass is 32.1. The molecule has 0 fully saturated rings. The summed E-state index contributed by atoms with van der Waals surface area (Å²) in [6.07, 6.45) is 0.798. The molecule has 0 bridgehead atoms. The number of nitrogen functional groups attached to an aromatic ring is 1. The van der Waals surface area contributed by atoms with Gasteiger partial charge in [0.25, 0.3) is 0 Å². The van der Waals surface area contributed by atoms with Crippen molar-refractivity contribution in [1.82, 2.24) is 10.2 Å². The summed E-state index contributed by atoms with van der Waals surface area (Å²) in [6.45, 7) is 0. The Morgan fingerprint density at radius 3 is 3.13 bits per heavy atom. The molecule has 0 radical (unpaired) electrons. The average molecular weight is 217 g/mol. The van der Waals surface area contributed by atoms with Crippen LogP contribution in [0.3, 0.4) is 0 Å². The lowest BCUT2D eigenvalue weighted by molar-refractivity contribution is 1.13. The van der Waals surface area contributed by atoms with E-state index >= 15 is 0 Å². The highest BCUT2D eigenvalue weighted by molar-refractivity contribution is 7.80. The standard InChI is InChI=1S/C11H11N3S/c12-11-9-5-4-8(3-1-2-6-15)7-10(9)13-14-11/h4-5,7,15H,2,6H2,(H3,12,13,14). The number of nitrogens with two attached hydrogens (primary N) is 1. The van der Waals surface area contributed by atoms with Crippen LogP contribution in [0.1, 0.15) is 12.0 Å². The first-order valence-corrected chi connectivity index (χ1v) is 5.28. The van der Waals surface area contributed by atoms with Crippen LogP contribution in [0.15, 0.2) is 18.2 Å². The average Bonchev–Trinajstić information content (AvgIpc) is 2.61. The second kappa shape index (κ2) is 4.28. The first kappa shape index (κ1) is 9.94. The summed E-state index contributed by atoms with van der Waals surface area (Å²) >= 11 is 4.09. The largest absolute Gasteiger partial charge is 0.382 e. The molecule has 0 atom stereocenters. The number of fused-ring (bicyclic) bond motifs is 1. The van der Waals surface area contributed by atoms with Gasteiger partial charge in [0.2, 0.25) is 0 Å². The Balaban J connectivity index is 2.36. The molecular weight excluding hydrogens is 206 g/mol. The highest BCUT2D eigenvalue weighted by Crippen LogP contribution is 2.18. The summed E-state index contributed by atoms with van der Waals surface area (Å²) in [4.78, 5) is 0. The molecule has 3 nitrogen and oxygen atoms in total. The maximum absolute atomic E-state index is 5.66. The van der Waals surface area contributed by atoms with Gasteiger partial charge in [-0.1, -0.05) is 11.8 Å². The third-order valence-electron chi connectivity index (χ3n) is 2.06. The molecule has 0 aliphatic rings. The predicted octanol–water partition coefficient (Wildman–Crippen LogP) is 1.82. The van der Waals surface area contributed by atoms with E-state index < -0.39 is 0 Å². The zero-order valence-corrected chi connectivity index (χ0v) is 9.01. The van der Waals surface area contributed by atoms with Gasteiger partial charge in [0, 0.05) is 23.1 Å². The summed E-state index contributed by atoms with van der Waals surface area (Å²) in [5, 5.41) is 7.73. The number of aromatic nitrogens is 2. The van der Waals surface area contributed by atoms with E-state index in [9.17, 15) is 0 Å². The summed E-state index contributed by atoms with van der Waals surface area (Å²) < 4.78 is 0. The van der Waals surface area contributed by atoms with E-state index in [0.717, 1.165) is 28.6 Å². The number of hydrogen-bond donors (Lipinski definition) is 3. The molecule has 3 N–H and O–H groups in total. The van der Waals surface area contributed by atoms with Crippen molar-refractivity contribution in [2.45, 2.75) is 6.42 Å². The number of thiol groups is 1. The monoisotopic (exact) mass is 217 g/mol. The second-order valence-corrected chi connectivity index (χ2v) is 3.59. The van der Waals surface area contributed by atoms with Crippen molar-refractivity contribution in [3.05, 3.63) is 23.8 Å². The van der Waals surface area contributed by atoms with Gasteiger partial charge in [-0.2, -0.15) is 17.7 Å². The zero-order chi connectivity index (χ0) is 10.7. The summed E-state index contributed by atoms with van der Waals surface area (Å²) in [5.74, 6) is 7.40. The molecule has 2 aromatic rings. The maximum atomic E-state index is 5.66. The molecular formula is C11H11N3S. The van der Waals surface area contributed by atoms with Crippen LogP contribution in [0.25, 0.3) is 10.9 Å². The van der Waals surface area contributed by atoms with E-state index in [2.05, 4.69) is 34.7 Å². The molecule has 0 amide bonds. The van der Waals surface area contributed by atoms with E-state index in [-0.39, 0.29) is 0 Å². The molecule has 1 heterocycles. The number of nitrogens with zero attached hydrogens (tertiary/aromatic N) is 1. The van der Waals surface area contributed by atoms with Crippen LogP contribution in [0, 0.1) is 11.8 Å². The van der Waals surface area contributed by atoms with Gasteiger partial charge < -0.3 is 5.73 Å². The molecule has 15 heavy (non-hydrogen) atoms. The lowest BCUT2D eigenvalue weighted by atomic mass is 10.1. The Bertz CT molecular complexity index is 533. The van der Waals surface area contributed by atoms with Crippen molar-refractivity contribution < 1.29 is 0 Å². The molecule has 1 aromatic heterocycles. The number of rotatable bonds is 1. The van der Waals surface area contributed by atoms with Gasteiger partial charge in [-0.25, -0.2) is 0 Å². The minimum absolute atomic E-state index is 0.528. The summed E-state index contributed by atoms with van der Waals surface area (Å²) in [6, 6.07) is 5.82. The predicted molar refractivity (Wildman–Crippen MR) is 65.9 cm³/mol. The number of anilines is 1. The van der Waals surface area contributed by atoms with Crippen molar-refractivity contribution in [1.29, 1.82) is 0 Å². The molecule has 0 aliphatic carbocycles. The summed E-state index contributed by atoms with van der Waals surface area (Å²) in [5.41, 5.74) is 7.55. The summed E-state index contributed by atoms with van der Waals surface area (Å²) in [7, 11) is 0. The lowest BCUT2D eigenvalue weighted by Crippen LogP contribution is -1.83. The van der Waals surface area contributed by atoms with Crippen molar-refractivity contribution in [3.8, 4) is 11.8 Å². The van der Waals surface area contributed by atoms with E-state index in [1.807, 2.05) is 18.2 Å². The third kappa shape index (κ3) is 2.08. The molecule has 0 unspecified atom stereocenters. The molecule has 76 valence electrons. The molecule has 0 spiro atoms. The van der Waals surface area contributed by atoms with Crippen LogP contribution in [-0.4, -0.2) is 16.0 Å². The van der Waals surface area contributed by atoms with E-state index in [4.69, 9.17) is 5.73 Å². The number of nitrogens with one attached hydrogen (secondary N) is 1. The minimum Gasteiger partial charge on any atom is -0.382 e. The third-order valence-corrected chi connectivity index (χ3v) is 2.29. The van der Waals surface area contributed by atoms with Gasteiger partial charge >= 0.3 is 0 Å². The van der Waals surface area contributed by atoms with E-state index in [1.54, 1.807) is 0 Å². The Morgan fingerprint density at radius 1 is 1.47 bits per heavy atom. The minimum atomic E-state index is 0.528. The smallest absolute Gasteiger partial charge is 0.153 e. The topological polar surface area (TPSA) is 54.7 Å². The van der Waals surface area contributed by atoms with Gasteiger partial charge in [-0.05, 0) is 18.2 Å². The van der Waals surface area contributed by atoms with Crippen LogP contribution >= 0.6 is 12.6 Å². The van der Waals surface area contributed by atoms with E-state index in [1.165, 1.54) is 0 Å². The lowest BCUT2D eigenvalue weighted by Gasteiger charge is -1.91. The van der Waals surface area contributed by atoms with Gasteiger partial charge in [0.05, 0.1) is 5.52 Å². The van der Waals surface area contributed by atoms with Crippen LogP contribution in [-0.2, 0) is 0 Å². The fourth-order valence-electron chi connectivity index (χ4n) is 1.34. The SMILES string of the molecule is Nc1n[nH]c2cc(C#CCCS)ccc12. The first-order valence-electron chi connectivity index (χ1n) is 4.64. The van der Waals surface area contributed by atoms with Crippen molar-refractivity contribution in [2.24, 2.45) is 0 Å². The molecule has 0 aliphatic heterocycles. The molecule has 1 aromatic carbocycles. The number of benzene rings is 1. The fraction of sp³-hybridized carbons (Fsp3) is 0.182. The quantitative estimate of drug-likeness (QED) is 0.504. The molecule has 0 saturated carbocycles. The Kier molecular flexibility index (Phi) is 2.84.